The van der Waals surface area contributed by atoms with Crippen LogP contribution in [0.25, 0.3) is 0 Å². The molecular formula is C10H20ClNO. The molecule has 0 saturated carbocycles. The lowest BCUT2D eigenvalue weighted by molar-refractivity contribution is 0.00630. The van der Waals surface area contributed by atoms with Gasteiger partial charge >= 0.3 is 0 Å². The van der Waals surface area contributed by atoms with Crippen LogP contribution in [0, 0.1) is 5.92 Å². The van der Waals surface area contributed by atoms with E-state index in [1.54, 1.807) is 0 Å². The van der Waals surface area contributed by atoms with Gasteiger partial charge in [0.05, 0.1) is 6.10 Å². The number of hydrogen-bond acceptors (Lipinski definition) is 2. The van der Waals surface area contributed by atoms with Crippen LogP contribution in [-0.2, 0) is 4.74 Å². The van der Waals surface area contributed by atoms with Crippen molar-refractivity contribution in [3.63, 3.8) is 0 Å². The summed E-state index contributed by atoms with van der Waals surface area (Å²) < 4.78 is 5.68. The van der Waals surface area contributed by atoms with Crippen LogP contribution in [0.5, 0.6) is 0 Å². The van der Waals surface area contributed by atoms with E-state index < -0.39 is 0 Å². The fraction of sp³-hybridized carbons (Fsp3) is 1.00. The first-order chi connectivity index (χ1) is 5.95. The fourth-order valence-electron chi connectivity index (χ4n) is 2.01. The number of halogens is 1. The number of hydrogen-bond donors (Lipinski definition) is 1. The van der Waals surface area contributed by atoms with Crippen molar-refractivity contribution in [3.8, 4) is 0 Å². The molecule has 0 aromatic rings. The molecule has 0 aromatic heterocycles. The summed E-state index contributed by atoms with van der Waals surface area (Å²) >= 11 is 0. The zero-order valence-corrected chi connectivity index (χ0v) is 8.94. The SMILES string of the molecule is C1CCC(CCC2CNC2)OC1.Cl. The van der Waals surface area contributed by atoms with Crippen molar-refractivity contribution in [2.24, 2.45) is 5.92 Å². The molecule has 0 aliphatic carbocycles. The minimum absolute atomic E-state index is 0. The van der Waals surface area contributed by atoms with Gasteiger partial charge < -0.3 is 10.1 Å². The Balaban J connectivity index is 0.000000845. The summed E-state index contributed by atoms with van der Waals surface area (Å²) in [6.45, 7) is 3.49. The molecule has 2 fully saturated rings. The Morgan fingerprint density at radius 1 is 1.15 bits per heavy atom. The van der Waals surface area contributed by atoms with Crippen molar-refractivity contribution >= 4 is 12.4 Å². The van der Waals surface area contributed by atoms with E-state index >= 15 is 0 Å². The Bertz CT molecular complexity index is 133. The molecule has 13 heavy (non-hydrogen) atoms. The van der Waals surface area contributed by atoms with E-state index in [0.717, 1.165) is 12.5 Å². The second-order valence-electron chi connectivity index (χ2n) is 4.09. The fourth-order valence-corrected chi connectivity index (χ4v) is 2.01. The van der Waals surface area contributed by atoms with E-state index in [1.165, 1.54) is 45.2 Å². The van der Waals surface area contributed by atoms with Crippen LogP contribution in [0.15, 0.2) is 0 Å². The molecule has 2 nitrogen and oxygen atoms in total. The highest BCUT2D eigenvalue weighted by Gasteiger charge is 2.20. The molecule has 0 radical (unpaired) electrons. The Morgan fingerprint density at radius 3 is 2.54 bits per heavy atom. The highest BCUT2D eigenvalue weighted by Crippen LogP contribution is 2.20. The lowest BCUT2D eigenvalue weighted by Crippen LogP contribution is -2.42. The van der Waals surface area contributed by atoms with Crippen molar-refractivity contribution in [1.29, 1.82) is 0 Å². The van der Waals surface area contributed by atoms with Crippen molar-refractivity contribution in [2.75, 3.05) is 19.7 Å². The first kappa shape index (κ1) is 11.3. The summed E-state index contributed by atoms with van der Waals surface area (Å²) in [5.41, 5.74) is 0. The van der Waals surface area contributed by atoms with Gasteiger partial charge in [-0.1, -0.05) is 0 Å². The van der Waals surface area contributed by atoms with E-state index in [0.29, 0.717) is 6.10 Å². The average molecular weight is 206 g/mol. The van der Waals surface area contributed by atoms with Gasteiger partial charge in [-0.25, -0.2) is 0 Å². The lowest BCUT2D eigenvalue weighted by atomic mass is 9.94. The summed E-state index contributed by atoms with van der Waals surface area (Å²) in [5.74, 6) is 0.954. The highest BCUT2D eigenvalue weighted by atomic mass is 35.5. The van der Waals surface area contributed by atoms with Crippen LogP contribution in [-0.4, -0.2) is 25.8 Å². The molecule has 78 valence electrons. The molecule has 2 rings (SSSR count). The molecular weight excluding hydrogens is 186 g/mol. The minimum Gasteiger partial charge on any atom is -0.378 e. The predicted octanol–water partition coefficient (Wildman–Crippen LogP) is 1.98. The number of nitrogens with one attached hydrogen (secondary N) is 1. The molecule has 0 amide bonds. The molecule has 0 bridgehead atoms. The maximum atomic E-state index is 5.68. The van der Waals surface area contributed by atoms with E-state index in [2.05, 4.69) is 5.32 Å². The van der Waals surface area contributed by atoms with Crippen LogP contribution < -0.4 is 5.32 Å². The quantitative estimate of drug-likeness (QED) is 0.761. The molecule has 1 atom stereocenters. The molecule has 1 N–H and O–H groups in total. The van der Waals surface area contributed by atoms with E-state index in [-0.39, 0.29) is 12.4 Å². The first-order valence-corrected chi connectivity index (χ1v) is 5.27. The molecule has 0 aromatic carbocycles. The Hall–Kier alpha value is 0.210. The summed E-state index contributed by atoms with van der Waals surface area (Å²) in [7, 11) is 0. The van der Waals surface area contributed by atoms with Gasteiger partial charge in [0.2, 0.25) is 0 Å². The molecule has 2 aliphatic heterocycles. The van der Waals surface area contributed by atoms with Crippen LogP contribution in [0.3, 0.4) is 0 Å². The van der Waals surface area contributed by atoms with Crippen LogP contribution in [0.2, 0.25) is 0 Å². The van der Waals surface area contributed by atoms with Gasteiger partial charge in [-0.05, 0) is 51.1 Å². The standard InChI is InChI=1S/C10H19NO.ClH/c1-2-6-12-10(3-1)5-4-9-7-11-8-9;/h9-11H,1-8H2;1H. The zero-order chi connectivity index (χ0) is 8.23. The van der Waals surface area contributed by atoms with Crippen LogP contribution in [0.1, 0.15) is 32.1 Å². The van der Waals surface area contributed by atoms with Crippen molar-refractivity contribution in [3.05, 3.63) is 0 Å². The summed E-state index contributed by atoms with van der Waals surface area (Å²) in [6, 6.07) is 0. The van der Waals surface area contributed by atoms with Gasteiger partial charge in [-0.15, -0.1) is 12.4 Å². The second kappa shape index (κ2) is 5.84. The van der Waals surface area contributed by atoms with Crippen LogP contribution >= 0.6 is 12.4 Å². The van der Waals surface area contributed by atoms with Gasteiger partial charge in [-0.2, -0.15) is 0 Å². The molecule has 3 heteroatoms. The summed E-state index contributed by atoms with van der Waals surface area (Å²) in [6.07, 6.45) is 7.23. The monoisotopic (exact) mass is 205 g/mol. The number of ether oxygens (including phenoxy) is 1. The van der Waals surface area contributed by atoms with Gasteiger partial charge in [0.25, 0.3) is 0 Å². The molecule has 1 unspecified atom stereocenters. The van der Waals surface area contributed by atoms with Crippen molar-refractivity contribution in [2.45, 2.75) is 38.2 Å². The molecule has 0 spiro atoms. The Kier molecular flexibility index (Phi) is 5.07. The third-order valence-corrected chi connectivity index (χ3v) is 3.04. The maximum absolute atomic E-state index is 5.68. The molecule has 2 heterocycles. The normalized spacial score (nSPS) is 29.1. The van der Waals surface area contributed by atoms with Crippen LogP contribution in [0.4, 0.5) is 0 Å². The maximum Gasteiger partial charge on any atom is 0.0575 e. The highest BCUT2D eigenvalue weighted by molar-refractivity contribution is 5.85. The summed E-state index contributed by atoms with van der Waals surface area (Å²) in [5, 5.41) is 3.31. The summed E-state index contributed by atoms with van der Waals surface area (Å²) in [4.78, 5) is 0. The Morgan fingerprint density at radius 2 is 2.00 bits per heavy atom. The first-order valence-electron chi connectivity index (χ1n) is 5.27. The number of rotatable bonds is 3. The minimum atomic E-state index is 0. The van der Waals surface area contributed by atoms with Crippen molar-refractivity contribution < 1.29 is 4.74 Å². The molecule has 2 aliphatic rings. The smallest absolute Gasteiger partial charge is 0.0575 e. The van der Waals surface area contributed by atoms with Gasteiger partial charge in [0, 0.05) is 6.61 Å². The van der Waals surface area contributed by atoms with E-state index in [1.807, 2.05) is 0 Å². The zero-order valence-electron chi connectivity index (χ0n) is 8.13. The topological polar surface area (TPSA) is 21.3 Å². The van der Waals surface area contributed by atoms with Crippen molar-refractivity contribution in [1.82, 2.24) is 5.32 Å². The van der Waals surface area contributed by atoms with E-state index in [4.69, 9.17) is 4.74 Å². The Labute approximate surface area is 86.8 Å². The van der Waals surface area contributed by atoms with E-state index in [9.17, 15) is 0 Å². The largest absolute Gasteiger partial charge is 0.378 e. The predicted molar refractivity (Wildman–Crippen MR) is 56.4 cm³/mol. The van der Waals surface area contributed by atoms with Gasteiger partial charge in [0.15, 0.2) is 0 Å². The van der Waals surface area contributed by atoms with Gasteiger partial charge in [0.1, 0.15) is 0 Å². The average Bonchev–Trinajstić information content (AvgIpc) is 2.04. The second-order valence-corrected chi connectivity index (χ2v) is 4.09. The molecule has 2 saturated heterocycles. The lowest BCUT2D eigenvalue weighted by Gasteiger charge is -2.29. The van der Waals surface area contributed by atoms with Gasteiger partial charge in [-0.3, -0.25) is 0 Å². The third kappa shape index (κ3) is 3.45. The third-order valence-electron chi connectivity index (χ3n) is 3.04.